The van der Waals surface area contributed by atoms with Crippen molar-refractivity contribution in [1.82, 2.24) is 35.1 Å². The summed E-state index contributed by atoms with van der Waals surface area (Å²) in [6.45, 7) is 9.49. The number of urea groups is 1. The fourth-order valence-corrected chi connectivity index (χ4v) is 5.10. The van der Waals surface area contributed by atoms with Crippen molar-refractivity contribution in [3.05, 3.63) is 48.4 Å². The average Bonchev–Trinajstić information content (AvgIpc) is 3.31. The van der Waals surface area contributed by atoms with E-state index in [1.54, 1.807) is 38.6 Å². The number of aliphatic hydroxyl groups is 1. The van der Waals surface area contributed by atoms with Gasteiger partial charge in [0.05, 0.1) is 41.0 Å². The van der Waals surface area contributed by atoms with Gasteiger partial charge in [0.25, 0.3) is 0 Å². The lowest BCUT2D eigenvalue weighted by atomic mass is 10.0. The Morgan fingerprint density at radius 3 is 2.58 bits per heavy atom. The van der Waals surface area contributed by atoms with Gasteiger partial charge in [-0.25, -0.2) is 24.7 Å². The van der Waals surface area contributed by atoms with Crippen molar-refractivity contribution in [2.24, 2.45) is 0 Å². The number of aromatic nitrogens is 5. The summed E-state index contributed by atoms with van der Waals surface area (Å²) in [6.07, 6.45) is 6.90. The van der Waals surface area contributed by atoms with Crippen LogP contribution in [0.15, 0.2) is 36.9 Å². The number of ether oxygens (including phenoxy) is 1. The molecule has 0 unspecified atom stereocenters. The molecule has 1 fully saturated rings. The number of fused-ring (bicyclic) bond motifs is 1. The minimum atomic E-state index is -1.14. The van der Waals surface area contributed by atoms with Crippen LogP contribution < -0.4 is 10.6 Å². The SMILES string of the molecule is CCNC(=O)Nc1nc2cc(-c3cnc(C(C)(C)O)nc3)cc(-c3cncc(CN4CCOCC4)n3)c2s1. The lowest BCUT2D eigenvalue weighted by Crippen LogP contribution is -2.35. The quantitative estimate of drug-likeness (QED) is 0.326. The number of anilines is 1. The standard InChI is InChI=1S/C26H30N8O3S/c1-4-28-24(35)33-25-32-20-10-16(17-11-29-23(30-12-17)26(2,3)36)9-19(22(20)38-25)21-14-27-13-18(31-21)15-34-5-7-37-8-6-34/h9-14,36H,4-8,15H2,1-3H3,(H2,28,32,33,35). The number of benzene rings is 1. The van der Waals surface area contributed by atoms with Crippen molar-refractivity contribution >= 4 is 32.7 Å². The molecule has 0 saturated carbocycles. The Hall–Kier alpha value is -3.58. The molecule has 1 saturated heterocycles. The molecule has 0 bridgehead atoms. The van der Waals surface area contributed by atoms with Gasteiger partial charge in [-0.3, -0.25) is 15.2 Å². The average molecular weight is 535 g/mol. The smallest absolute Gasteiger partial charge is 0.321 e. The van der Waals surface area contributed by atoms with E-state index in [-0.39, 0.29) is 6.03 Å². The van der Waals surface area contributed by atoms with Crippen LogP contribution in [-0.2, 0) is 16.9 Å². The highest BCUT2D eigenvalue weighted by atomic mass is 32.1. The topological polar surface area (TPSA) is 138 Å². The maximum Gasteiger partial charge on any atom is 0.321 e. The van der Waals surface area contributed by atoms with Crippen LogP contribution in [0.1, 0.15) is 32.3 Å². The highest BCUT2D eigenvalue weighted by molar-refractivity contribution is 7.22. The van der Waals surface area contributed by atoms with E-state index in [0.717, 1.165) is 40.2 Å². The normalized spacial score (nSPS) is 14.5. The second-order valence-corrected chi connectivity index (χ2v) is 10.5. The van der Waals surface area contributed by atoms with E-state index in [2.05, 4.69) is 35.5 Å². The molecule has 1 aliphatic heterocycles. The molecule has 4 heterocycles. The van der Waals surface area contributed by atoms with E-state index in [9.17, 15) is 9.90 Å². The van der Waals surface area contributed by atoms with Gasteiger partial charge in [-0.2, -0.15) is 0 Å². The number of nitrogens with zero attached hydrogens (tertiary/aromatic N) is 6. The van der Waals surface area contributed by atoms with Crippen LogP contribution >= 0.6 is 11.3 Å². The third-order valence-electron chi connectivity index (χ3n) is 6.03. The van der Waals surface area contributed by atoms with E-state index in [0.29, 0.717) is 48.5 Å². The molecule has 0 aliphatic carbocycles. The van der Waals surface area contributed by atoms with E-state index in [4.69, 9.17) is 9.72 Å². The second kappa shape index (κ2) is 11.0. The lowest BCUT2D eigenvalue weighted by molar-refractivity contribution is 0.0336. The number of hydrogen-bond acceptors (Lipinski definition) is 10. The van der Waals surface area contributed by atoms with Crippen molar-refractivity contribution in [2.45, 2.75) is 32.9 Å². The van der Waals surface area contributed by atoms with Crippen LogP contribution in [0, 0.1) is 0 Å². The molecule has 1 aliphatic rings. The third-order valence-corrected chi connectivity index (χ3v) is 7.05. The molecular weight excluding hydrogens is 504 g/mol. The van der Waals surface area contributed by atoms with Crippen LogP contribution in [0.25, 0.3) is 32.6 Å². The van der Waals surface area contributed by atoms with Gasteiger partial charge in [0.2, 0.25) is 0 Å². The Morgan fingerprint density at radius 2 is 1.87 bits per heavy atom. The number of amides is 2. The van der Waals surface area contributed by atoms with Gasteiger partial charge < -0.3 is 15.2 Å². The molecule has 4 aromatic rings. The highest BCUT2D eigenvalue weighted by Crippen LogP contribution is 2.38. The van der Waals surface area contributed by atoms with Gasteiger partial charge in [0, 0.05) is 55.9 Å². The number of carbonyl (C=O) groups is 1. The molecule has 2 amide bonds. The summed E-state index contributed by atoms with van der Waals surface area (Å²) in [5.41, 5.74) is 3.60. The summed E-state index contributed by atoms with van der Waals surface area (Å²) < 4.78 is 6.34. The largest absolute Gasteiger partial charge is 0.382 e. The van der Waals surface area contributed by atoms with Gasteiger partial charge in [-0.1, -0.05) is 11.3 Å². The van der Waals surface area contributed by atoms with Crippen molar-refractivity contribution in [1.29, 1.82) is 0 Å². The molecule has 38 heavy (non-hydrogen) atoms. The molecule has 11 nitrogen and oxygen atoms in total. The predicted octanol–water partition coefficient (Wildman–Crippen LogP) is 3.41. The molecule has 0 radical (unpaired) electrons. The Kier molecular flexibility index (Phi) is 7.56. The van der Waals surface area contributed by atoms with Crippen molar-refractivity contribution in [3.8, 4) is 22.4 Å². The first-order valence-electron chi connectivity index (χ1n) is 12.5. The van der Waals surface area contributed by atoms with E-state index >= 15 is 0 Å². The first-order chi connectivity index (χ1) is 18.3. The number of thiazole rings is 1. The molecule has 3 N–H and O–H groups in total. The molecule has 5 rings (SSSR count). The lowest BCUT2D eigenvalue weighted by Gasteiger charge is -2.26. The molecule has 12 heteroatoms. The minimum absolute atomic E-state index is 0.309. The number of morpholine rings is 1. The first kappa shape index (κ1) is 26.0. The zero-order valence-electron chi connectivity index (χ0n) is 21.6. The van der Waals surface area contributed by atoms with E-state index in [1.165, 1.54) is 11.3 Å². The zero-order chi connectivity index (χ0) is 26.7. The monoisotopic (exact) mass is 534 g/mol. The van der Waals surface area contributed by atoms with Crippen LogP contribution in [0.2, 0.25) is 0 Å². The molecule has 198 valence electrons. The van der Waals surface area contributed by atoms with E-state index < -0.39 is 5.60 Å². The van der Waals surface area contributed by atoms with Crippen molar-refractivity contribution in [2.75, 3.05) is 38.2 Å². The summed E-state index contributed by atoms with van der Waals surface area (Å²) in [5.74, 6) is 0.339. The van der Waals surface area contributed by atoms with Gasteiger partial charge in [0.15, 0.2) is 11.0 Å². The summed E-state index contributed by atoms with van der Waals surface area (Å²) in [4.78, 5) is 37.3. The third kappa shape index (κ3) is 5.94. The summed E-state index contributed by atoms with van der Waals surface area (Å²) >= 11 is 1.38. The summed E-state index contributed by atoms with van der Waals surface area (Å²) in [7, 11) is 0. The Balaban J connectivity index is 1.56. The van der Waals surface area contributed by atoms with Gasteiger partial charge in [-0.05, 0) is 38.5 Å². The maximum absolute atomic E-state index is 12.2. The Labute approximate surface area is 224 Å². The van der Waals surface area contributed by atoms with Crippen LogP contribution in [0.3, 0.4) is 0 Å². The number of hydrogen-bond donors (Lipinski definition) is 3. The Bertz CT molecular complexity index is 1430. The van der Waals surface area contributed by atoms with Crippen molar-refractivity contribution in [3.63, 3.8) is 0 Å². The molecule has 0 spiro atoms. The van der Waals surface area contributed by atoms with Gasteiger partial charge >= 0.3 is 6.03 Å². The second-order valence-electron chi connectivity index (χ2n) is 9.51. The van der Waals surface area contributed by atoms with Gasteiger partial charge in [-0.15, -0.1) is 0 Å². The highest BCUT2D eigenvalue weighted by Gasteiger charge is 2.21. The first-order valence-corrected chi connectivity index (χ1v) is 13.3. The van der Waals surface area contributed by atoms with Crippen LogP contribution in [0.5, 0.6) is 0 Å². The number of rotatable bonds is 7. The van der Waals surface area contributed by atoms with Gasteiger partial charge in [0.1, 0.15) is 5.60 Å². The number of nitrogens with one attached hydrogen (secondary N) is 2. The Morgan fingerprint density at radius 1 is 1.11 bits per heavy atom. The van der Waals surface area contributed by atoms with E-state index in [1.807, 2.05) is 19.1 Å². The fraction of sp³-hybridized carbons (Fsp3) is 0.385. The minimum Gasteiger partial charge on any atom is -0.382 e. The summed E-state index contributed by atoms with van der Waals surface area (Å²) in [5, 5.41) is 16.3. The summed E-state index contributed by atoms with van der Waals surface area (Å²) in [6, 6.07) is 3.64. The maximum atomic E-state index is 12.2. The van der Waals surface area contributed by atoms with Crippen molar-refractivity contribution < 1.29 is 14.6 Å². The zero-order valence-corrected chi connectivity index (χ0v) is 22.4. The molecule has 1 aromatic carbocycles. The number of carbonyl (C=O) groups excluding carboxylic acids is 1. The van der Waals surface area contributed by atoms with Crippen LogP contribution in [-0.4, -0.2) is 73.8 Å². The fourth-order valence-electron chi connectivity index (χ4n) is 4.14. The predicted molar refractivity (Wildman–Crippen MR) is 146 cm³/mol. The van der Waals surface area contributed by atoms with Crippen LogP contribution in [0.4, 0.5) is 9.93 Å². The molecule has 3 aromatic heterocycles. The molecular formula is C26H30N8O3S. The molecule has 0 atom stereocenters.